The second-order valence-electron chi connectivity index (χ2n) is 9.43. The number of hydrogen-bond donors (Lipinski definition) is 1. The molecule has 158 valence electrons. The van der Waals surface area contributed by atoms with Crippen LogP contribution in [0.4, 0.5) is 0 Å². The van der Waals surface area contributed by atoms with Gasteiger partial charge in [0, 0.05) is 0 Å². The average Bonchev–Trinajstić information content (AvgIpc) is 2.86. The van der Waals surface area contributed by atoms with E-state index in [2.05, 4.69) is 53.3 Å². The Morgan fingerprint density at radius 3 is 2.46 bits per heavy atom. The van der Waals surface area contributed by atoms with Crippen LogP contribution in [0.25, 0.3) is 0 Å². The van der Waals surface area contributed by atoms with Gasteiger partial charge in [-0.1, -0.05) is 50.1 Å². The van der Waals surface area contributed by atoms with Crippen LogP contribution in [0.5, 0.6) is 0 Å². The summed E-state index contributed by atoms with van der Waals surface area (Å²) < 4.78 is 5.16. The number of esters is 1. The number of allylic oxidation sites excluding steroid dienone is 5. The highest BCUT2D eigenvalue weighted by Crippen LogP contribution is 2.60. The lowest BCUT2D eigenvalue weighted by Gasteiger charge is -2.48. The molecule has 0 saturated heterocycles. The summed E-state index contributed by atoms with van der Waals surface area (Å²) in [5.41, 5.74) is 3.69. The third-order valence-electron chi connectivity index (χ3n) is 7.25. The summed E-state index contributed by atoms with van der Waals surface area (Å²) in [6.45, 7) is 17.4. The predicted octanol–water partition coefficient (Wildman–Crippen LogP) is 5.85. The molecule has 0 heterocycles. The number of rotatable bonds is 7. The summed E-state index contributed by atoms with van der Waals surface area (Å²) in [5.74, 6) is 1.25. The highest BCUT2D eigenvalue weighted by molar-refractivity contribution is 5.69. The molecule has 0 aromatic carbocycles. The van der Waals surface area contributed by atoms with E-state index in [4.69, 9.17) is 4.74 Å². The first kappa shape index (κ1) is 22.9. The van der Waals surface area contributed by atoms with Crippen LogP contribution in [0.2, 0.25) is 0 Å². The van der Waals surface area contributed by atoms with Crippen molar-refractivity contribution in [3.8, 4) is 0 Å². The number of carbonyl (C=O) groups excluding carboxylic acids is 1. The van der Waals surface area contributed by atoms with Crippen molar-refractivity contribution in [2.24, 2.45) is 29.1 Å². The van der Waals surface area contributed by atoms with Crippen LogP contribution >= 0.6 is 0 Å². The van der Waals surface area contributed by atoms with Gasteiger partial charge in [-0.3, -0.25) is 4.79 Å². The van der Waals surface area contributed by atoms with Crippen molar-refractivity contribution in [2.75, 3.05) is 6.61 Å². The summed E-state index contributed by atoms with van der Waals surface area (Å²) in [4.78, 5) is 12.1. The van der Waals surface area contributed by atoms with Crippen LogP contribution in [-0.2, 0) is 9.53 Å². The van der Waals surface area contributed by atoms with E-state index in [1.165, 1.54) is 11.1 Å². The Hall–Kier alpha value is -1.35. The van der Waals surface area contributed by atoms with Crippen molar-refractivity contribution in [1.82, 2.24) is 0 Å². The van der Waals surface area contributed by atoms with Crippen LogP contribution < -0.4 is 0 Å². The zero-order valence-electron chi connectivity index (χ0n) is 18.8. The topological polar surface area (TPSA) is 46.5 Å². The zero-order valence-corrected chi connectivity index (χ0v) is 18.8. The second kappa shape index (κ2) is 9.43. The normalized spacial score (nSPS) is 35.2. The van der Waals surface area contributed by atoms with Gasteiger partial charge in [0.25, 0.3) is 0 Å². The molecule has 0 unspecified atom stereocenters. The molecule has 2 saturated carbocycles. The maximum atomic E-state index is 12.1. The van der Waals surface area contributed by atoms with Crippen molar-refractivity contribution in [3.05, 3.63) is 35.5 Å². The molecule has 2 rings (SSSR count). The third-order valence-corrected chi connectivity index (χ3v) is 7.25. The smallest absolute Gasteiger partial charge is 0.306 e. The quantitative estimate of drug-likeness (QED) is 0.440. The van der Waals surface area contributed by atoms with Gasteiger partial charge in [-0.2, -0.15) is 0 Å². The fourth-order valence-electron chi connectivity index (χ4n) is 5.86. The molecule has 0 amide bonds. The fraction of sp³-hybridized carbons (Fsp3) is 0.720. The molecule has 3 nitrogen and oxygen atoms in total. The molecule has 0 aromatic heterocycles. The number of aliphatic hydroxyl groups is 1. The summed E-state index contributed by atoms with van der Waals surface area (Å²) >= 11 is 0. The van der Waals surface area contributed by atoms with Crippen LogP contribution in [0, 0.1) is 29.1 Å². The molecule has 2 aliphatic carbocycles. The minimum absolute atomic E-state index is 0.0110. The van der Waals surface area contributed by atoms with Gasteiger partial charge in [-0.05, 0) is 81.6 Å². The number of fused-ring (bicyclic) bond motifs is 1. The largest absolute Gasteiger partial charge is 0.466 e. The van der Waals surface area contributed by atoms with Gasteiger partial charge in [0.05, 0.1) is 19.1 Å². The van der Waals surface area contributed by atoms with E-state index in [-0.39, 0.29) is 17.3 Å². The molecule has 6 atom stereocenters. The summed E-state index contributed by atoms with van der Waals surface area (Å²) in [7, 11) is 0. The van der Waals surface area contributed by atoms with E-state index in [0.29, 0.717) is 30.8 Å². The third kappa shape index (κ3) is 4.62. The van der Waals surface area contributed by atoms with Gasteiger partial charge >= 0.3 is 5.97 Å². The first-order chi connectivity index (χ1) is 13.2. The summed E-state index contributed by atoms with van der Waals surface area (Å²) in [6, 6.07) is 0. The lowest BCUT2D eigenvalue weighted by Crippen LogP contribution is -2.44. The number of aliphatic hydroxyl groups excluding tert-OH is 1. The Morgan fingerprint density at radius 2 is 1.93 bits per heavy atom. The average molecular weight is 389 g/mol. The Balaban J connectivity index is 2.30. The molecule has 0 radical (unpaired) electrons. The number of carbonyl (C=O) groups is 1. The minimum Gasteiger partial charge on any atom is -0.466 e. The maximum Gasteiger partial charge on any atom is 0.306 e. The van der Waals surface area contributed by atoms with E-state index < -0.39 is 6.10 Å². The maximum absolute atomic E-state index is 12.1. The zero-order chi connectivity index (χ0) is 21.1. The highest BCUT2D eigenvalue weighted by Gasteiger charge is 2.57. The number of ether oxygens (including phenoxy) is 1. The van der Waals surface area contributed by atoms with E-state index >= 15 is 0 Å². The molecule has 2 aliphatic rings. The standard InChI is InChI=1S/C25H40O3/c1-8-19-21(20(17(5)6)11-10-16(3)4)12-13-25(7)22(19)14-18(24(25)27)15-23(26)28-9-2/h10-11,18-19,21-22,24,27H,5,8-9,12-15H2,1-4,6-7H3/b20-11+/t18-,19-,21+,22+,24+,25+/m1/s1. The molecular formula is C25H40O3. The Kier molecular flexibility index (Phi) is 7.73. The predicted molar refractivity (Wildman–Crippen MR) is 116 cm³/mol. The van der Waals surface area contributed by atoms with Crippen LogP contribution in [0.3, 0.4) is 0 Å². The molecule has 0 bridgehead atoms. The van der Waals surface area contributed by atoms with Gasteiger partial charge in [0.15, 0.2) is 0 Å². The fourth-order valence-corrected chi connectivity index (χ4v) is 5.86. The van der Waals surface area contributed by atoms with Crippen molar-refractivity contribution in [2.45, 2.75) is 79.8 Å². The lowest BCUT2D eigenvalue weighted by atomic mass is 9.57. The Labute approximate surface area is 171 Å². The first-order valence-electron chi connectivity index (χ1n) is 11.0. The monoisotopic (exact) mass is 388 g/mol. The Morgan fingerprint density at radius 1 is 1.25 bits per heavy atom. The molecule has 3 heteroatoms. The summed E-state index contributed by atoms with van der Waals surface area (Å²) in [5, 5.41) is 11.1. The van der Waals surface area contributed by atoms with Gasteiger partial charge in [-0.25, -0.2) is 0 Å². The van der Waals surface area contributed by atoms with Crippen molar-refractivity contribution < 1.29 is 14.6 Å². The van der Waals surface area contributed by atoms with Crippen LogP contribution in [-0.4, -0.2) is 23.8 Å². The van der Waals surface area contributed by atoms with Crippen LogP contribution in [0.15, 0.2) is 35.5 Å². The minimum atomic E-state index is -0.424. The van der Waals surface area contributed by atoms with E-state index in [1.807, 2.05) is 6.92 Å². The van der Waals surface area contributed by atoms with E-state index in [9.17, 15) is 9.90 Å². The molecule has 0 aromatic rings. The first-order valence-corrected chi connectivity index (χ1v) is 11.0. The molecule has 0 spiro atoms. The van der Waals surface area contributed by atoms with Gasteiger partial charge < -0.3 is 9.84 Å². The lowest BCUT2D eigenvalue weighted by molar-refractivity contribution is -0.145. The second-order valence-corrected chi connectivity index (χ2v) is 9.43. The van der Waals surface area contributed by atoms with Gasteiger partial charge in [-0.15, -0.1) is 0 Å². The van der Waals surface area contributed by atoms with Gasteiger partial charge in [0.2, 0.25) is 0 Å². The number of hydrogen-bond acceptors (Lipinski definition) is 3. The highest BCUT2D eigenvalue weighted by atomic mass is 16.5. The SMILES string of the molecule is C=C(C)/C(=C\C=C(C)C)[C@H]1CC[C@]2(C)[C@@H](O)[C@@H](CC(=O)OCC)C[C@H]2[C@@H]1CC. The van der Waals surface area contributed by atoms with Crippen molar-refractivity contribution >= 4 is 5.97 Å². The molecule has 0 aliphatic heterocycles. The Bertz CT molecular complexity index is 640. The van der Waals surface area contributed by atoms with E-state index in [0.717, 1.165) is 31.3 Å². The molecule has 1 N–H and O–H groups in total. The van der Waals surface area contributed by atoms with Gasteiger partial charge in [0.1, 0.15) is 0 Å². The summed E-state index contributed by atoms with van der Waals surface area (Å²) in [6.07, 6.45) is 8.44. The molecule has 2 fully saturated rings. The molecule has 28 heavy (non-hydrogen) atoms. The molecular weight excluding hydrogens is 348 g/mol. The van der Waals surface area contributed by atoms with Crippen molar-refractivity contribution in [3.63, 3.8) is 0 Å². The van der Waals surface area contributed by atoms with E-state index in [1.54, 1.807) is 0 Å². The van der Waals surface area contributed by atoms with Crippen LogP contribution in [0.1, 0.15) is 73.6 Å². The van der Waals surface area contributed by atoms with Crippen molar-refractivity contribution in [1.29, 1.82) is 0 Å².